The van der Waals surface area contributed by atoms with Gasteiger partial charge in [0.2, 0.25) is 0 Å². The number of ether oxygens (including phenoxy) is 6. The monoisotopic (exact) mass is 1240 g/mol. The average Bonchev–Trinajstić information content (AvgIpc) is 1.30. The van der Waals surface area contributed by atoms with Gasteiger partial charge in [-0.2, -0.15) is 0 Å². The predicted molar refractivity (Wildman–Crippen MR) is 373 cm³/mol. The molecule has 2 aromatic heterocycles. The van der Waals surface area contributed by atoms with Crippen LogP contribution in [0.15, 0.2) is 73.1 Å². The highest BCUT2D eigenvalue weighted by atomic mass is 19.1. The normalized spacial score (nSPS) is 11.4. The van der Waals surface area contributed by atoms with Gasteiger partial charge >= 0.3 is 0 Å². The Hall–Kier alpha value is -5.38. The van der Waals surface area contributed by atoms with Crippen LogP contribution in [0.2, 0.25) is 0 Å². The Kier molecular flexibility index (Phi) is 40.5. The molecule has 10 heteroatoms. The first-order valence-corrected chi connectivity index (χ1v) is 36.7. The van der Waals surface area contributed by atoms with Crippen LogP contribution in [0, 0.1) is 25.5 Å². The Labute approximate surface area is 546 Å². The molecule has 2 heterocycles. The van der Waals surface area contributed by atoms with Crippen molar-refractivity contribution in [3.63, 3.8) is 0 Å². The van der Waals surface area contributed by atoms with Crippen molar-refractivity contribution in [3.8, 4) is 57.0 Å². The molecule has 0 bridgehead atoms. The van der Waals surface area contributed by atoms with Crippen molar-refractivity contribution in [2.24, 2.45) is 0 Å². The van der Waals surface area contributed by atoms with E-state index in [2.05, 4.69) is 63.6 Å². The zero-order valence-electron chi connectivity index (χ0n) is 57.6. The first-order chi connectivity index (χ1) is 44.2. The van der Waals surface area contributed by atoms with Crippen molar-refractivity contribution >= 4 is 0 Å². The maximum Gasteiger partial charge on any atom is 0.164 e. The van der Waals surface area contributed by atoms with E-state index < -0.39 is 11.6 Å². The zero-order valence-corrected chi connectivity index (χ0v) is 57.6. The van der Waals surface area contributed by atoms with Crippen LogP contribution in [0.1, 0.15) is 307 Å². The van der Waals surface area contributed by atoms with Gasteiger partial charge < -0.3 is 28.4 Å². The van der Waals surface area contributed by atoms with Gasteiger partial charge in [-0.3, -0.25) is 9.97 Å². The van der Waals surface area contributed by atoms with Gasteiger partial charge in [0.05, 0.1) is 50.2 Å². The number of nitrogens with zero attached hydrogens (tertiary/aromatic N) is 2. The summed E-state index contributed by atoms with van der Waals surface area (Å²) in [6, 6.07) is 17.6. The summed E-state index contributed by atoms with van der Waals surface area (Å²) in [6.07, 6.45) is 54.1. The van der Waals surface area contributed by atoms with Crippen LogP contribution in [-0.4, -0.2) is 36.4 Å². The molecule has 0 saturated carbocycles. The molecule has 0 N–H and O–H groups in total. The van der Waals surface area contributed by atoms with Gasteiger partial charge in [-0.05, 0) is 116 Å². The Bertz CT molecular complexity index is 2430. The van der Waals surface area contributed by atoms with Crippen LogP contribution in [0.3, 0.4) is 0 Å². The molecule has 0 atom stereocenters. The molecule has 3 aromatic carbocycles. The van der Waals surface area contributed by atoms with E-state index in [4.69, 9.17) is 28.4 Å². The number of pyridine rings is 2. The quantitative estimate of drug-likeness (QED) is 0.0356. The van der Waals surface area contributed by atoms with E-state index in [1.54, 1.807) is 36.7 Å². The van der Waals surface area contributed by atoms with E-state index >= 15 is 8.78 Å². The summed E-state index contributed by atoms with van der Waals surface area (Å²) in [7, 11) is 0. The number of halogens is 2. The minimum atomic E-state index is -0.717. The first-order valence-electron chi connectivity index (χ1n) is 36.7. The van der Waals surface area contributed by atoms with Crippen LogP contribution in [0.25, 0.3) is 22.5 Å². The summed E-state index contributed by atoms with van der Waals surface area (Å²) >= 11 is 0. The molecule has 5 aromatic rings. The van der Waals surface area contributed by atoms with Crippen LogP contribution < -0.4 is 28.4 Å². The summed E-state index contributed by atoms with van der Waals surface area (Å²) in [6.45, 7) is 16.4. The minimum Gasteiger partial charge on any atom is -0.490 e. The second-order valence-electron chi connectivity index (χ2n) is 25.7. The van der Waals surface area contributed by atoms with E-state index in [-0.39, 0.29) is 24.3 Å². The lowest BCUT2D eigenvalue weighted by Crippen LogP contribution is -2.06. The Morgan fingerprint density at radius 2 is 0.578 bits per heavy atom. The average molecular weight is 1250 g/mol. The maximum absolute atomic E-state index is 15.6. The number of aromatic nitrogens is 2. The van der Waals surface area contributed by atoms with E-state index in [0.29, 0.717) is 49.3 Å². The topological polar surface area (TPSA) is 81.2 Å². The fourth-order valence-electron chi connectivity index (χ4n) is 12.0. The van der Waals surface area contributed by atoms with Gasteiger partial charge in [-0.15, -0.1) is 0 Å². The van der Waals surface area contributed by atoms with Gasteiger partial charge in [0, 0.05) is 17.2 Å². The van der Waals surface area contributed by atoms with Crippen LogP contribution in [0.4, 0.5) is 8.78 Å². The fraction of sp³-hybridized carbons (Fsp3) is 0.650. The molecular formula is C80H122F2N2O6. The molecule has 0 fully saturated rings. The van der Waals surface area contributed by atoms with Crippen LogP contribution in [-0.2, 0) is 13.2 Å². The number of benzene rings is 3. The van der Waals surface area contributed by atoms with Crippen LogP contribution in [0.5, 0.6) is 34.5 Å². The first kappa shape index (κ1) is 75.3. The van der Waals surface area contributed by atoms with E-state index in [9.17, 15) is 0 Å². The fourth-order valence-corrected chi connectivity index (χ4v) is 12.0. The summed E-state index contributed by atoms with van der Waals surface area (Å²) in [4.78, 5) is 9.18. The number of aryl methyl sites for hydroxylation is 2. The van der Waals surface area contributed by atoms with Gasteiger partial charge in [0.15, 0.2) is 23.0 Å². The van der Waals surface area contributed by atoms with Crippen molar-refractivity contribution in [2.45, 2.75) is 312 Å². The third-order valence-electron chi connectivity index (χ3n) is 17.5. The lowest BCUT2D eigenvalue weighted by molar-refractivity contribution is 0.255. The van der Waals surface area contributed by atoms with Gasteiger partial charge in [-0.1, -0.05) is 259 Å². The lowest BCUT2D eigenvalue weighted by Gasteiger charge is -2.17. The summed E-state index contributed by atoms with van der Waals surface area (Å²) in [5, 5.41) is 0. The molecule has 0 aliphatic rings. The minimum absolute atomic E-state index is 0.158. The molecule has 0 unspecified atom stereocenters. The SMILES string of the molecule is CCCCCCCCCCCCOc1cc(COc2ccc(-c3cc(-c4ccc(OCc5cc(C)c(OCCCCCCCCCCCC)c(OCCCCCCCCCCCC)c5)cn4)c(F)cc3F)nc2)cc(C)c1OCCCCCCCCCCCC. The smallest absolute Gasteiger partial charge is 0.164 e. The standard InChI is InChI=1S/C80H122F2N2O6/c1-7-11-15-19-23-27-31-35-39-43-51-85-77-57-67(55-65(5)79(77)87-53-45-41-37-33-29-25-21-17-13-9-3)63-89-69-47-49-75(83-61-69)71-59-72(74(82)60-73(71)81)76-50-48-70(62-84-76)90-64-68-56-66(6)80(88-54-46-42-38-34-30-26-22-18-14-10-4)78(58-68)86-52-44-40-36-32-28-24-20-16-12-8-2/h47-50,55-62H,7-46,51-54,63-64H2,1-6H3. The number of hydrogen-bond donors (Lipinski definition) is 0. The molecule has 90 heavy (non-hydrogen) atoms. The van der Waals surface area contributed by atoms with Gasteiger partial charge in [-0.25, -0.2) is 8.78 Å². The van der Waals surface area contributed by atoms with Crippen molar-refractivity contribution in [3.05, 3.63) is 107 Å². The van der Waals surface area contributed by atoms with E-state index in [0.717, 1.165) is 89.8 Å². The summed E-state index contributed by atoms with van der Waals surface area (Å²) in [5.41, 5.74) is 4.95. The third kappa shape index (κ3) is 31.3. The molecule has 0 aliphatic carbocycles. The molecule has 0 saturated heterocycles. The highest BCUT2D eigenvalue weighted by Gasteiger charge is 2.18. The molecule has 0 spiro atoms. The molecular weight excluding hydrogens is 1120 g/mol. The van der Waals surface area contributed by atoms with E-state index in [1.807, 2.05) is 12.1 Å². The van der Waals surface area contributed by atoms with E-state index in [1.165, 1.54) is 224 Å². The predicted octanol–water partition coefficient (Wildman–Crippen LogP) is 25.1. The van der Waals surface area contributed by atoms with Crippen molar-refractivity contribution in [1.82, 2.24) is 9.97 Å². The molecule has 5 rings (SSSR count). The van der Waals surface area contributed by atoms with Crippen molar-refractivity contribution < 1.29 is 37.2 Å². The van der Waals surface area contributed by atoms with Gasteiger partial charge in [0.1, 0.15) is 36.3 Å². The number of rotatable bonds is 56. The zero-order chi connectivity index (χ0) is 63.9. The summed E-state index contributed by atoms with van der Waals surface area (Å²) in [5.74, 6) is 2.76. The molecule has 0 aliphatic heterocycles. The second-order valence-corrected chi connectivity index (χ2v) is 25.7. The Balaban J connectivity index is 1.16. The largest absolute Gasteiger partial charge is 0.490 e. The highest BCUT2D eigenvalue weighted by Crippen LogP contribution is 2.37. The Morgan fingerprint density at radius 3 is 0.856 bits per heavy atom. The van der Waals surface area contributed by atoms with Crippen molar-refractivity contribution in [1.29, 1.82) is 0 Å². The molecule has 8 nitrogen and oxygen atoms in total. The molecule has 0 amide bonds. The number of unbranched alkanes of at least 4 members (excludes halogenated alkanes) is 36. The maximum atomic E-state index is 15.6. The Morgan fingerprint density at radius 1 is 0.300 bits per heavy atom. The van der Waals surface area contributed by atoms with Crippen molar-refractivity contribution in [2.75, 3.05) is 26.4 Å². The van der Waals surface area contributed by atoms with Crippen LogP contribution >= 0.6 is 0 Å². The lowest BCUT2D eigenvalue weighted by atomic mass is 10.0. The number of hydrogen-bond acceptors (Lipinski definition) is 8. The summed E-state index contributed by atoms with van der Waals surface area (Å²) < 4.78 is 69.7. The highest BCUT2D eigenvalue weighted by molar-refractivity contribution is 5.71. The second kappa shape index (κ2) is 48.4. The molecule has 502 valence electrons. The third-order valence-corrected chi connectivity index (χ3v) is 17.5. The van der Waals surface area contributed by atoms with Gasteiger partial charge in [0.25, 0.3) is 0 Å². The molecule has 0 radical (unpaired) electrons.